The van der Waals surface area contributed by atoms with Crippen LogP contribution in [-0.2, 0) is 6.54 Å². The van der Waals surface area contributed by atoms with Crippen molar-refractivity contribution in [3.63, 3.8) is 0 Å². The van der Waals surface area contributed by atoms with E-state index in [1.807, 2.05) is 37.5 Å². The molecular weight excluding hydrogens is 320 g/mol. The Labute approximate surface area is 148 Å². The number of nitrogens with zero attached hydrogens (tertiary/aromatic N) is 2. The van der Waals surface area contributed by atoms with E-state index in [-0.39, 0.29) is 6.61 Å². The summed E-state index contributed by atoms with van der Waals surface area (Å²) in [7, 11) is 4.04. The Kier molecular flexibility index (Phi) is 7.87. The molecule has 7 heteroatoms. The number of likely N-dealkylation sites (N-methyl/N-ethyl adjacent to an activating group) is 2. The minimum absolute atomic E-state index is 0.243. The topological polar surface area (TPSA) is 93.6 Å². The van der Waals surface area contributed by atoms with Crippen molar-refractivity contribution < 1.29 is 14.9 Å². The van der Waals surface area contributed by atoms with Crippen LogP contribution in [0.5, 0.6) is 5.75 Å². The number of hydrogen-bond acceptors (Lipinski definition) is 6. The molecule has 1 atom stereocenters. The maximum Gasteiger partial charge on any atom is 0.119 e. The van der Waals surface area contributed by atoms with Gasteiger partial charge in [-0.25, -0.2) is 0 Å². The van der Waals surface area contributed by atoms with Gasteiger partial charge in [0.25, 0.3) is 0 Å². The van der Waals surface area contributed by atoms with Crippen LogP contribution in [0.2, 0.25) is 0 Å². The number of benzene rings is 1. The molecule has 7 nitrogen and oxygen atoms in total. The van der Waals surface area contributed by atoms with Crippen LogP contribution >= 0.6 is 0 Å². The first-order chi connectivity index (χ1) is 12.1. The zero-order valence-corrected chi connectivity index (χ0v) is 14.9. The standard InChI is InChI=1S/C18H28N4O3/c1-19-8-9-22(2)12-15-11-20-21-18(15)14-3-5-17(6-4-14)25-10-7-16(24)13-23/h3-6,11,16,19,23-24H,7-10,12-13H2,1-2H3,(H,20,21). The minimum atomic E-state index is -0.731. The molecule has 0 aliphatic heterocycles. The molecule has 4 N–H and O–H groups in total. The molecule has 2 aromatic rings. The predicted molar refractivity (Wildman–Crippen MR) is 97.5 cm³/mol. The summed E-state index contributed by atoms with van der Waals surface area (Å²) in [6.45, 7) is 2.86. The highest BCUT2D eigenvalue weighted by Gasteiger charge is 2.11. The molecule has 1 aromatic heterocycles. The normalized spacial score (nSPS) is 12.5. The van der Waals surface area contributed by atoms with Gasteiger partial charge < -0.3 is 25.2 Å². The Balaban J connectivity index is 1.95. The number of hydrogen-bond donors (Lipinski definition) is 4. The molecule has 0 fully saturated rings. The molecule has 138 valence electrons. The number of aromatic nitrogens is 2. The Morgan fingerprint density at radius 1 is 1.32 bits per heavy atom. The van der Waals surface area contributed by atoms with Crippen LogP contribution in [0.4, 0.5) is 0 Å². The molecule has 0 saturated carbocycles. The number of aromatic amines is 1. The maximum absolute atomic E-state index is 9.31. The second-order valence-electron chi connectivity index (χ2n) is 6.10. The Morgan fingerprint density at radius 3 is 2.76 bits per heavy atom. The van der Waals surface area contributed by atoms with Crippen LogP contribution in [0.3, 0.4) is 0 Å². The number of aliphatic hydroxyl groups is 2. The van der Waals surface area contributed by atoms with Gasteiger partial charge in [-0.05, 0) is 38.4 Å². The van der Waals surface area contributed by atoms with Crippen molar-refractivity contribution >= 4 is 0 Å². The SMILES string of the molecule is CNCCN(C)Cc1c[nH]nc1-c1ccc(OCCC(O)CO)cc1. The van der Waals surface area contributed by atoms with Crippen molar-refractivity contribution in [2.75, 3.05) is 40.4 Å². The molecule has 0 aliphatic rings. The molecule has 0 aliphatic carbocycles. The summed E-state index contributed by atoms with van der Waals surface area (Å²) in [4.78, 5) is 2.24. The zero-order valence-electron chi connectivity index (χ0n) is 14.9. The summed E-state index contributed by atoms with van der Waals surface area (Å²) in [5, 5.41) is 28.6. The van der Waals surface area contributed by atoms with E-state index in [4.69, 9.17) is 9.84 Å². The number of rotatable bonds is 11. The van der Waals surface area contributed by atoms with E-state index < -0.39 is 6.10 Å². The van der Waals surface area contributed by atoms with Gasteiger partial charge in [-0.3, -0.25) is 5.10 Å². The van der Waals surface area contributed by atoms with Gasteiger partial charge in [-0.15, -0.1) is 0 Å². The third kappa shape index (κ3) is 6.13. The maximum atomic E-state index is 9.31. The van der Waals surface area contributed by atoms with Crippen LogP contribution in [0, 0.1) is 0 Å². The summed E-state index contributed by atoms with van der Waals surface area (Å²) >= 11 is 0. The summed E-state index contributed by atoms with van der Waals surface area (Å²) in [6, 6.07) is 7.74. The highest BCUT2D eigenvalue weighted by atomic mass is 16.5. The molecular formula is C18H28N4O3. The van der Waals surface area contributed by atoms with Crippen LogP contribution in [0.25, 0.3) is 11.3 Å². The second-order valence-corrected chi connectivity index (χ2v) is 6.10. The van der Waals surface area contributed by atoms with Crippen molar-refractivity contribution in [1.82, 2.24) is 20.4 Å². The molecule has 0 amide bonds. The minimum Gasteiger partial charge on any atom is -0.493 e. The number of H-pyrrole nitrogens is 1. The fourth-order valence-corrected chi connectivity index (χ4v) is 2.47. The van der Waals surface area contributed by atoms with E-state index in [1.165, 1.54) is 0 Å². The molecule has 1 unspecified atom stereocenters. The van der Waals surface area contributed by atoms with E-state index in [2.05, 4.69) is 27.5 Å². The average Bonchev–Trinajstić information content (AvgIpc) is 3.08. The van der Waals surface area contributed by atoms with Gasteiger partial charge >= 0.3 is 0 Å². The van der Waals surface area contributed by atoms with Gasteiger partial charge in [0.2, 0.25) is 0 Å². The van der Waals surface area contributed by atoms with E-state index in [9.17, 15) is 5.11 Å². The quantitative estimate of drug-likeness (QED) is 0.481. The smallest absolute Gasteiger partial charge is 0.119 e. The highest BCUT2D eigenvalue weighted by Crippen LogP contribution is 2.24. The van der Waals surface area contributed by atoms with E-state index in [0.29, 0.717) is 13.0 Å². The van der Waals surface area contributed by atoms with Crippen molar-refractivity contribution in [2.24, 2.45) is 0 Å². The molecule has 2 rings (SSSR count). The van der Waals surface area contributed by atoms with Crippen LogP contribution in [0.15, 0.2) is 30.5 Å². The fourth-order valence-electron chi connectivity index (χ4n) is 2.47. The molecule has 25 heavy (non-hydrogen) atoms. The highest BCUT2D eigenvalue weighted by molar-refractivity contribution is 5.63. The Bertz CT molecular complexity index is 615. The summed E-state index contributed by atoms with van der Waals surface area (Å²) in [6.07, 6.45) is 1.61. The predicted octanol–water partition coefficient (Wildman–Crippen LogP) is 0.850. The lowest BCUT2D eigenvalue weighted by Crippen LogP contribution is -2.26. The van der Waals surface area contributed by atoms with Crippen molar-refractivity contribution in [2.45, 2.75) is 19.1 Å². The van der Waals surface area contributed by atoms with Gasteiger partial charge in [0.15, 0.2) is 0 Å². The van der Waals surface area contributed by atoms with Crippen LogP contribution < -0.4 is 10.1 Å². The average molecular weight is 348 g/mol. The molecule has 0 spiro atoms. The van der Waals surface area contributed by atoms with Gasteiger partial charge in [0.05, 0.1) is 25.0 Å². The second kappa shape index (κ2) is 10.1. The van der Waals surface area contributed by atoms with E-state index >= 15 is 0 Å². The van der Waals surface area contributed by atoms with Gasteiger partial charge in [-0.2, -0.15) is 5.10 Å². The van der Waals surface area contributed by atoms with Crippen molar-refractivity contribution in [3.05, 3.63) is 36.0 Å². The zero-order chi connectivity index (χ0) is 18.1. The monoisotopic (exact) mass is 348 g/mol. The number of nitrogens with one attached hydrogen (secondary N) is 2. The first-order valence-electron chi connectivity index (χ1n) is 8.52. The lowest BCUT2D eigenvalue weighted by Gasteiger charge is -2.16. The largest absolute Gasteiger partial charge is 0.493 e. The molecule has 1 heterocycles. The first-order valence-corrected chi connectivity index (χ1v) is 8.52. The molecule has 1 aromatic carbocycles. The number of aliphatic hydroxyl groups excluding tert-OH is 2. The third-order valence-corrected chi connectivity index (χ3v) is 3.96. The summed E-state index contributed by atoms with van der Waals surface area (Å²) in [5.41, 5.74) is 3.12. The molecule has 0 radical (unpaired) electrons. The van der Waals surface area contributed by atoms with Crippen molar-refractivity contribution in [3.8, 4) is 17.0 Å². The number of ether oxygens (including phenoxy) is 1. The van der Waals surface area contributed by atoms with Gasteiger partial charge in [0.1, 0.15) is 5.75 Å². The summed E-state index contributed by atoms with van der Waals surface area (Å²) in [5.74, 6) is 0.733. The van der Waals surface area contributed by atoms with E-state index in [0.717, 1.165) is 42.2 Å². The molecule has 0 bridgehead atoms. The van der Waals surface area contributed by atoms with Crippen LogP contribution in [-0.4, -0.2) is 71.8 Å². The molecule has 0 saturated heterocycles. The van der Waals surface area contributed by atoms with Gasteiger partial charge in [0, 0.05) is 43.4 Å². The van der Waals surface area contributed by atoms with Gasteiger partial charge in [-0.1, -0.05) is 0 Å². The fraction of sp³-hybridized carbons (Fsp3) is 0.500. The Morgan fingerprint density at radius 2 is 2.08 bits per heavy atom. The lowest BCUT2D eigenvalue weighted by molar-refractivity contribution is 0.0754. The first kappa shape index (κ1) is 19.4. The van der Waals surface area contributed by atoms with Crippen LogP contribution in [0.1, 0.15) is 12.0 Å². The summed E-state index contributed by atoms with van der Waals surface area (Å²) < 4.78 is 5.58. The Hall–Kier alpha value is -1.93. The lowest BCUT2D eigenvalue weighted by atomic mass is 10.1. The van der Waals surface area contributed by atoms with E-state index in [1.54, 1.807) is 0 Å². The van der Waals surface area contributed by atoms with Crippen molar-refractivity contribution in [1.29, 1.82) is 0 Å². The third-order valence-electron chi connectivity index (χ3n) is 3.96.